The van der Waals surface area contributed by atoms with E-state index in [0.29, 0.717) is 29.6 Å². The van der Waals surface area contributed by atoms with Crippen LogP contribution < -0.4 is 9.47 Å². The van der Waals surface area contributed by atoms with E-state index >= 15 is 0 Å². The Hall–Kier alpha value is -4.06. The molecule has 0 aliphatic carbocycles. The van der Waals surface area contributed by atoms with Gasteiger partial charge < -0.3 is 18.8 Å². The second-order valence-corrected chi connectivity index (χ2v) is 6.74. The Kier molecular flexibility index (Phi) is 6.60. The smallest absolute Gasteiger partial charge is 0.167 e. The molecule has 0 aliphatic rings. The highest BCUT2D eigenvalue weighted by molar-refractivity contribution is 5.80. The molecule has 0 spiro atoms. The lowest BCUT2D eigenvalue weighted by molar-refractivity contribution is 0.126. The molecule has 156 valence electrons. The van der Waals surface area contributed by atoms with Crippen LogP contribution in [0.15, 0.2) is 94.6 Å². The van der Waals surface area contributed by atoms with Crippen LogP contribution in [-0.4, -0.2) is 18.5 Å². The third kappa shape index (κ3) is 5.51. The largest absolute Gasteiger partial charge is 0.493 e. The highest BCUT2D eigenvalue weighted by Crippen LogP contribution is 2.28. The number of nitrogens with zero attached hydrogens (tertiary/aromatic N) is 2. The van der Waals surface area contributed by atoms with Gasteiger partial charge in [-0.1, -0.05) is 71.0 Å². The van der Waals surface area contributed by atoms with Crippen molar-refractivity contribution in [1.29, 1.82) is 0 Å². The molecule has 0 fully saturated rings. The highest BCUT2D eigenvalue weighted by Gasteiger charge is 2.07. The molecule has 6 heteroatoms. The molecule has 0 radical (unpaired) electrons. The Balaban J connectivity index is 1.32. The maximum atomic E-state index is 5.87. The van der Waals surface area contributed by atoms with Crippen LogP contribution in [0.2, 0.25) is 0 Å². The number of hydrogen-bond donors (Lipinski definition) is 0. The molecule has 4 rings (SSSR count). The van der Waals surface area contributed by atoms with Gasteiger partial charge in [0.1, 0.15) is 12.3 Å². The van der Waals surface area contributed by atoms with Crippen LogP contribution in [0.1, 0.15) is 16.8 Å². The second kappa shape index (κ2) is 10.1. The van der Waals surface area contributed by atoms with Crippen LogP contribution in [-0.2, 0) is 18.1 Å². The van der Waals surface area contributed by atoms with Gasteiger partial charge in [0.15, 0.2) is 23.9 Å². The van der Waals surface area contributed by atoms with Gasteiger partial charge in [-0.05, 0) is 23.8 Å². The fraction of sp³-hybridized carbons (Fsp3) is 0.120. The van der Waals surface area contributed by atoms with Crippen LogP contribution >= 0.6 is 0 Å². The first-order chi connectivity index (χ1) is 15.3. The molecule has 6 nitrogen and oxygen atoms in total. The van der Waals surface area contributed by atoms with Crippen molar-refractivity contribution < 1.29 is 18.8 Å². The lowest BCUT2D eigenvalue weighted by Crippen LogP contribution is -1.98. The monoisotopic (exact) mass is 414 g/mol. The van der Waals surface area contributed by atoms with Crippen LogP contribution in [0.3, 0.4) is 0 Å². The number of aromatic nitrogens is 1. The predicted octanol–water partition coefficient (Wildman–Crippen LogP) is 5.48. The van der Waals surface area contributed by atoms with E-state index in [1.54, 1.807) is 13.3 Å². The SMILES string of the molecule is COc1cc(/C=N\OCc2cc(-c3ccccc3)on2)ccc1OCc1ccccc1. The summed E-state index contributed by atoms with van der Waals surface area (Å²) in [6.07, 6.45) is 1.61. The van der Waals surface area contributed by atoms with Crippen LogP contribution in [0.25, 0.3) is 11.3 Å². The average molecular weight is 414 g/mol. The summed E-state index contributed by atoms with van der Waals surface area (Å²) in [4.78, 5) is 5.36. The minimum absolute atomic E-state index is 0.211. The Morgan fingerprint density at radius 3 is 2.42 bits per heavy atom. The summed E-state index contributed by atoms with van der Waals surface area (Å²) >= 11 is 0. The zero-order valence-electron chi connectivity index (χ0n) is 17.1. The molecule has 31 heavy (non-hydrogen) atoms. The van der Waals surface area contributed by atoms with Gasteiger partial charge in [-0.2, -0.15) is 0 Å². The molecule has 0 N–H and O–H groups in total. The molecule has 0 aliphatic heterocycles. The zero-order valence-corrected chi connectivity index (χ0v) is 17.1. The van der Waals surface area contributed by atoms with E-state index in [-0.39, 0.29) is 6.61 Å². The van der Waals surface area contributed by atoms with Crippen LogP contribution in [0.5, 0.6) is 11.5 Å². The van der Waals surface area contributed by atoms with Crippen molar-refractivity contribution >= 4 is 6.21 Å². The predicted molar refractivity (Wildman–Crippen MR) is 118 cm³/mol. The molecule has 0 saturated heterocycles. The number of oxime groups is 1. The van der Waals surface area contributed by atoms with E-state index in [1.165, 1.54) is 0 Å². The summed E-state index contributed by atoms with van der Waals surface area (Å²) in [6.45, 7) is 0.679. The van der Waals surface area contributed by atoms with Gasteiger partial charge in [0.2, 0.25) is 0 Å². The fourth-order valence-electron chi connectivity index (χ4n) is 2.94. The second-order valence-electron chi connectivity index (χ2n) is 6.74. The molecule has 0 atom stereocenters. The lowest BCUT2D eigenvalue weighted by Gasteiger charge is -2.11. The van der Waals surface area contributed by atoms with Crippen molar-refractivity contribution in [3.05, 3.63) is 102 Å². The van der Waals surface area contributed by atoms with E-state index < -0.39 is 0 Å². The highest BCUT2D eigenvalue weighted by atomic mass is 16.6. The van der Waals surface area contributed by atoms with Crippen LogP contribution in [0.4, 0.5) is 0 Å². The number of rotatable bonds is 9. The van der Waals surface area contributed by atoms with Gasteiger partial charge in [0.05, 0.1) is 13.3 Å². The lowest BCUT2D eigenvalue weighted by atomic mass is 10.2. The van der Waals surface area contributed by atoms with Crippen LogP contribution in [0, 0.1) is 0 Å². The number of methoxy groups -OCH3 is 1. The van der Waals surface area contributed by atoms with Crippen molar-refractivity contribution in [2.45, 2.75) is 13.2 Å². The van der Waals surface area contributed by atoms with E-state index in [4.69, 9.17) is 18.8 Å². The third-order valence-electron chi connectivity index (χ3n) is 4.53. The standard InChI is InChI=1S/C25H22N2O4/c1-28-25-14-20(12-13-23(25)29-17-19-8-4-2-5-9-19)16-26-30-18-22-15-24(31-27-22)21-10-6-3-7-11-21/h2-16H,17-18H2,1H3/b26-16-. The first-order valence-electron chi connectivity index (χ1n) is 9.83. The fourth-order valence-corrected chi connectivity index (χ4v) is 2.94. The summed E-state index contributed by atoms with van der Waals surface area (Å²) in [5, 5.41) is 8.03. The molecular formula is C25H22N2O4. The topological polar surface area (TPSA) is 66.1 Å². The summed E-state index contributed by atoms with van der Waals surface area (Å²) in [7, 11) is 1.61. The Morgan fingerprint density at radius 2 is 1.65 bits per heavy atom. The third-order valence-corrected chi connectivity index (χ3v) is 4.53. The van der Waals surface area contributed by atoms with E-state index in [2.05, 4.69) is 10.3 Å². The summed E-state index contributed by atoms with van der Waals surface area (Å²) in [5.74, 6) is 1.99. The molecule has 0 unspecified atom stereocenters. The van der Waals surface area contributed by atoms with Gasteiger partial charge in [-0.25, -0.2) is 0 Å². The van der Waals surface area contributed by atoms with Crippen molar-refractivity contribution in [2.75, 3.05) is 7.11 Å². The van der Waals surface area contributed by atoms with E-state index in [0.717, 1.165) is 16.7 Å². The molecule has 1 aromatic heterocycles. The first-order valence-corrected chi connectivity index (χ1v) is 9.83. The first kappa shape index (κ1) is 20.2. The summed E-state index contributed by atoms with van der Waals surface area (Å²) < 4.78 is 16.7. The zero-order chi connectivity index (χ0) is 21.3. The number of benzene rings is 3. The van der Waals surface area contributed by atoms with Gasteiger partial charge in [-0.15, -0.1) is 0 Å². The van der Waals surface area contributed by atoms with E-state index in [1.807, 2.05) is 84.9 Å². The average Bonchev–Trinajstić information content (AvgIpc) is 3.31. The van der Waals surface area contributed by atoms with Crippen molar-refractivity contribution in [2.24, 2.45) is 5.16 Å². The summed E-state index contributed by atoms with van der Waals surface area (Å²) in [6, 6.07) is 27.2. The Morgan fingerprint density at radius 1 is 0.871 bits per heavy atom. The minimum atomic E-state index is 0.211. The minimum Gasteiger partial charge on any atom is -0.493 e. The summed E-state index contributed by atoms with van der Waals surface area (Å²) in [5.41, 5.74) is 3.55. The molecule has 0 saturated carbocycles. The van der Waals surface area contributed by atoms with Gasteiger partial charge in [-0.3, -0.25) is 0 Å². The maximum absolute atomic E-state index is 5.87. The van der Waals surface area contributed by atoms with E-state index in [9.17, 15) is 0 Å². The quantitative estimate of drug-likeness (QED) is 0.268. The molecule has 1 heterocycles. The van der Waals surface area contributed by atoms with Gasteiger partial charge in [0.25, 0.3) is 0 Å². The van der Waals surface area contributed by atoms with Crippen molar-refractivity contribution in [3.8, 4) is 22.8 Å². The van der Waals surface area contributed by atoms with Crippen molar-refractivity contribution in [3.63, 3.8) is 0 Å². The number of ether oxygens (including phenoxy) is 2. The van der Waals surface area contributed by atoms with Crippen molar-refractivity contribution in [1.82, 2.24) is 5.16 Å². The molecule has 0 amide bonds. The normalized spacial score (nSPS) is 10.9. The van der Waals surface area contributed by atoms with Gasteiger partial charge in [0, 0.05) is 17.2 Å². The Labute approximate surface area is 180 Å². The maximum Gasteiger partial charge on any atom is 0.167 e. The number of hydrogen-bond acceptors (Lipinski definition) is 6. The molecule has 0 bridgehead atoms. The Bertz CT molecular complexity index is 1120. The van der Waals surface area contributed by atoms with Gasteiger partial charge >= 0.3 is 0 Å². The molecule has 4 aromatic rings. The molecule has 3 aromatic carbocycles. The molecular weight excluding hydrogens is 392 g/mol.